The molecule has 0 aliphatic carbocycles. The van der Waals surface area contributed by atoms with Gasteiger partial charge in [0.15, 0.2) is 5.69 Å². The Kier molecular flexibility index (Phi) is 6.56. The molecule has 0 aliphatic heterocycles. The maximum atomic E-state index is 9.67. The zero-order chi connectivity index (χ0) is 33.8. The van der Waals surface area contributed by atoms with E-state index in [2.05, 4.69) is 128 Å². The third kappa shape index (κ3) is 4.31. The van der Waals surface area contributed by atoms with Gasteiger partial charge < -0.3 is 9.13 Å². The molecule has 9 rings (SSSR count). The molecule has 0 bridgehead atoms. The van der Waals surface area contributed by atoms with E-state index in [-0.39, 0.29) is 0 Å². The lowest BCUT2D eigenvalue weighted by Gasteiger charge is -2.18. The number of para-hydroxylation sites is 3. The van der Waals surface area contributed by atoms with Crippen molar-refractivity contribution in [3.05, 3.63) is 180 Å². The molecule has 9 aromatic rings. The van der Waals surface area contributed by atoms with Gasteiger partial charge in [-0.25, -0.2) is 9.69 Å². The second-order valence-corrected chi connectivity index (χ2v) is 12.2. The van der Waals surface area contributed by atoms with Crippen LogP contribution >= 0.6 is 0 Å². The molecule has 0 unspecified atom stereocenters. The summed E-state index contributed by atoms with van der Waals surface area (Å²) in [4.78, 5) is 7.72. The Labute approximate surface area is 288 Å². The van der Waals surface area contributed by atoms with Gasteiger partial charge >= 0.3 is 0 Å². The molecular formula is C45H25N5. The summed E-state index contributed by atoms with van der Waals surface area (Å²) in [5.41, 5.74) is 11.6. The van der Waals surface area contributed by atoms with Gasteiger partial charge in [-0.2, -0.15) is 5.26 Å². The number of fused-ring (bicyclic) bond motifs is 6. The number of hydrogen-bond donors (Lipinski definition) is 0. The van der Waals surface area contributed by atoms with Crippen molar-refractivity contribution in [3.63, 3.8) is 0 Å². The molecule has 0 aliphatic rings. The SMILES string of the molecule is [C-]#[N+]c1ccc(-c2ccccc2-c2cccc(-n3c4ccc(C#N)cc4c4cccc([N+]#[C-])c43)c2)c(-n2c3ccccc3c3ccccc32)c1. The maximum Gasteiger partial charge on any atom is 0.211 e. The summed E-state index contributed by atoms with van der Waals surface area (Å²) in [6.07, 6.45) is 0. The van der Waals surface area contributed by atoms with Crippen LogP contribution in [-0.2, 0) is 0 Å². The molecule has 230 valence electrons. The van der Waals surface area contributed by atoms with E-state index in [9.17, 15) is 5.26 Å². The summed E-state index contributed by atoms with van der Waals surface area (Å²) in [6, 6.07) is 53.4. The molecule has 0 saturated heterocycles. The molecular weight excluding hydrogens is 611 g/mol. The third-order valence-corrected chi connectivity index (χ3v) is 9.58. The number of rotatable bonds is 4. The number of nitrogens with zero attached hydrogens (tertiary/aromatic N) is 5. The summed E-state index contributed by atoms with van der Waals surface area (Å²) < 4.78 is 4.42. The molecule has 0 spiro atoms. The molecule has 0 radical (unpaired) electrons. The van der Waals surface area contributed by atoms with Gasteiger partial charge in [-0.15, -0.1) is 0 Å². The van der Waals surface area contributed by atoms with E-state index < -0.39 is 0 Å². The fourth-order valence-corrected chi connectivity index (χ4v) is 7.45. The topological polar surface area (TPSA) is 42.4 Å². The Morgan fingerprint density at radius 2 is 1.18 bits per heavy atom. The summed E-state index contributed by atoms with van der Waals surface area (Å²) in [5, 5.41) is 13.9. The van der Waals surface area contributed by atoms with Gasteiger partial charge in [0.25, 0.3) is 0 Å². The molecule has 7 aromatic carbocycles. The second kappa shape index (κ2) is 11.4. The zero-order valence-corrected chi connectivity index (χ0v) is 26.7. The molecule has 0 saturated carbocycles. The van der Waals surface area contributed by atoms with Gasteiger partial charge in [-0.1, -0.05) is 103 Å². The number of nitriles is 1. The van der Waals surface area contributed by atoms with Crippen LogP contribution in [-0.4, -0.2) is 9.13 Å². The van der Waals surface area contributed by atoms with Crippen molar-refractivity contribution < 1.29 is 0 Å². The molecule has 5 heteroatoms. The lowest BCUT2D eigenvalue weighted by molar-refractivity contribution is 1.18. The standard InChI is InChI=1S/C45H25N5/c1-47-31-22-23-37(44(27-31)50-41-19-7-5-15-35(41)36-16-6-8-20-42(36)50)34-14-4-3-13-33(34)30-11-9-12-32(26-30)49-43-24-21-29(28-46)25-39(43)38-17-10-18-40(48-2)45(38)49/h3-27H. The number of hydrogen-bond acceptors (Lipinski definition) is 1. The molecule has 5 nitrogen and oxygen atoms in total. The van der Waals surface area contributed by atoms with Crippen LogP contribution in [0.15, 0.2) is 152 Å². The largest absolute Gasteiger partial charge is 0.319 e. The Bertz CT molecular complexity index is 2920. The van der Waals surface area contributed by atoms with Crippen molar-refractivity contribution >= 4 is 55.0 Å². The van der Waals surface area contributed by atoms with Gasteiger partial charge in [-0.3, -0.25) is 0 Å². The van der Waals surface area contributed by atoms with Crippen molar-refractivity contribution in [2.24, 2.45) is 0 Å². The molecule has 0 N–H and O–H groups in total. The molecule has 50 heavy (non-hydrogen) atoms. The highest BCUT2D eigenvalue weighted by atomic mass is 15.0. The minimum absolute atomic E-state index is 0.554. The van der Waals surface area contributed by atoms with Gasteiger partial charge in [0.2, 0.25) is 5.69 Å². The van der Waals surface area contributed by atoms with E-state index in [1.54, 1.807) is 0 Å². The van der Waals surface area contributed by atoms with Crippen molar-refractivity contribution in [1.29, 1.82) is 5.26 Å². The van der Waals surface area contributed by atoms with Crippen LogP contribution in [0, 0.1) is 24.5 Å². The van der Waals surface area contributed by atoms with E-state index in [0.29, 0.717) is 16.9 Å². The maximum absolute atomic E-state index is 9.67. The zero-order valence-electron chi connectivity index (χ0n) is 26.7. The third-order valence-electron chi connectivity index (χ3n) is 9.58. The Morgan fingerprint density at radius 1 is 0.500 bits per heavy atom. The quantitative estimate of drug-likeness (QED) is 0.177. The Hall–Kier alpha value is -7.39. The lowest BCUT2D eigenvalue weighted by atomic mass is 9.93. The predicted octanol–water partition coefficient (Wildman–Crippen LogP) is 12.2. The Balaban J connectivity index is 1.29. The number of benzene rings is 7. The first kappa shape index (κ1) is 28.8. The summed E-state index contributed by atoms with van der Waals surface area (Å²) in [5.74, 6) is 0. The van der Waals surface area contributed by atoms with E-state index in [1.807, 2.05) is 48.5 Å². The first-order valence-corrected chi connectivity index (χ1v) is 16.2. The summed E-state index contributed by atoms with van der Waals surface area (Å²) >= 11 is 0. The van der Waals surface area contributed by atoms with E-state index >= 15 is 0 Å². The average molecular weight is 636 g/mol. The average Bonchev–Trinajstić information content (AvgIpc) is 3.70. The van der Waals surface area contributed by atoms with E-state index in [4.69, 9.17) is 13.1 Å². The lowest BCUT2D eigenvalue weighted by Crippen LogP contribution is -1.98. The molecule has 2 heterocycles. The van der Waals surface area contributed by atoms with E-state index in [1.165, 1.54) is 0 Å². The fourth-order valence-electron chi connectivity index (χ4n) is 7.45. The van der Waals surface area contributed by atoms with Crippen molar-refractivity contribution in [2.75, 3.05) is 0 Å². The monoisotopic (exact) mass is 635 g/mol. The van der Waals surface area contributed by atoms with E-state index in [0.717, 1.165) is 77.2 Å². The highest BCUT2D eigenvalue weighted by molar-refractivity contribution is 6.14. The molecule has 0 atom stereocenters. The van der Waals surface area contributed by atoms with Crippen molar-refractivity contribution in [2.45, 2.75) is 0 Å². The normalized spacial score (nSPS) is 11.1. The summed E-state index contributed by atoms with van der Waals surface area (Å²) in [7, 11) is 0. The van der Waals surface area contributed by atoms with Crippen molar-refractivity contribution in [3.8, 4) is 39.7 Å². The Morgan fingerprint density at radius 3 is 1.92 bits per heavy atom. The van der Waals surface area contributed by atoms with Crippen LogP contribution in [0.25, 0.3) is 86.9 Å². The fraction of sp³-hybridized carbons (Fsp3) is 0. The number of aromatic nitrogens is 2. The van der Waals surface area contributed by atoms with Crippen LogP contribution in [0.3, 0.4) is 0 Å². The van der Waals surface area contributed by atoms with Crippen LogP contribution in [0.4, 0.5) is 11.4 Å². The van der Waals surface area contributed by atoms with Crippen LogP contribution in [0.5, 0.6) is 0 Å². The molecule has 0 amide bonds. The van der Waals surface area contributed by atoms with Crippen LogP contribution in [0.2, 0.25) is 0 Å². The van der Waals surface area contributed by atoms with Gasteiger partial charge in [0.1, 0.15) is 0 Å². The minimum atomic E-state index is 0.554. The smallest absolute Gasteiger partial charge is 0.211 e. The van der Waals surface area contributed by atoms with Crippen molar-refractivity contribution in [1.82, 2.24) is 9.13 Å². The van der Waals surface area contributed by atoms with Gasteiger partial charge in [0.05, 0.1) is 46.8 Å². The first-order chi connectivity index (χ1) is 24.7. The molecule has 2 aromatic heterocycles. The molecule has 0 fully saturated rings. The highest BCUT2D eigenvalue weighted by Crippen LogP contribution is 2.42. The van der Waals surface area contributed by atoms with Crippen LogP contribution < -0.4 is 0 Å². The highest BCUT2D eigenvalue weighted by Gasteiger charge is 2.20. The summed E-state index contributed by atoms with van der Waals surface area (Å²) in [6.45, 7) is 15.9. The second-order valence-electron chi connectivity index (χ2n) is 12.2. The minimum Gasteiger partial charge on any atom is -0.319 e. The predicted molar refractivity (Wildman–Crippen MR) is 203 cm³/mol. The van der Waals surface area contributed by atoms with Gasteiger partial charge in [-0.05, 0) is 70.6 Å². The van der Waals surface area contributed by atoms with Crippen LogP contribution in [0.1, 0.15) is 5.56 Å². The first-order valence-electron chi connectivity index (χ1n) is 16.2. The van der Waals surface area contributed by atoms with Gasteiger partial charge in [0, 0.05) is 33.1 Å².